The van der Waals surface area contributed by atoms with E-state index in [1.165, 1.54) is 11.1 Å². The zero-order chi connectivity index (χ0) is 15.7. The summed E-state index contributed by atoms with van der Waals surface area (Å²) in [5.74, 6) is 0. The topological polar surface area (TPSA) is 38.5 Å². The minimum atomic E-state index is 0.279. The van der Waals surface area contributed by atoms with Gasteiger partial charge in [-0.05, 0) is 30.4 Å². The Morgan fingerprint density at radius 2 is 1.81 bits per heavy atom. The highest BCUT2D eigenvalue weighted by Crippen LogP contribution is 2.27. The second-order valence-electron chi connectivity index (χ2n) is 5.50. The quantitative estimate of drug-likeness (QED) is 0.718. The van der Waals surface area contributed by atoms with E-state index in [-0.39, 0.29) is 6.04 Å². The summed E-state index contributed by atoms with van der Waals surface area (Å²) in [6.45, 7) is 9.06. The average molecular weight is 292 g/mol. The van der Waals surface area contributed by atoms with Crippen molar-refractivity contribution in [1.82, 2.24) is 4.90 Å². The van der Waals surface area contributed by atoms with Crippen LogP contribution in [0.5, 0.6) is 0 Å². The van der Waals surface area contributed by atoms with E-state index in [4.69, 9.17) is 10.5 Å². The third-order valence-electron chi connectivity index (χ3n) is 4.38. The summed E-state index contributed by atoms with van der Waals surface area (Å²) in [5, 5.41) is 0. The first-order chi connectivity index (χ1) is 10.2. The van der Waals surface area contributed by atoms with Gasteiger partial charge in [-0.15, -0.1) is 0 Å². The van der Waals surface area contributed by atoms with Gasteiger partial charge in [0.25, 0.3) is 0 Å². The number of hydrogen-bond donors (Lipinski definition) is 1. The molecule has 3 heteroatoms. The Bertz CT molecular complexity index is 391. The van der Waals surface area contributed by atoms with Gasteiger partial charge >= 0.3 is 0 Å². The highest BCUT2D eigenvalue weighted by Gasteiger charge is 2.25. The second-order valence-corrected chi connectivity index (χ2v) is 5.50. The van der Waals surface area contributed by atoms with E-state index >= 15 is 0 Å². The summed E-state index contributed by atoms with van der Waals surface area (Å²) in [5.41, 5.74) is 8.95. The van der Waals surface area contributed by atoms with Crippen molar-refractivity contribution in [3.63, 3.8) is 0 Å². The maximum absolute atomic E-state index is 6.17. The van der Waals surface area contributed by atoms with Crippen LogP contribution in [0.15, 0.2) is 24.3 Å². The van der Waals surface area contributed by atoms with Gasteiger partial charge < -0.3 is 10.5 Å². The summed E-state index contributed by atoms with van der Waals surface area (Å²) < 4.78 is 5.32. The largest absolute Gasteiger partial charge is 0.383 e. The van der Waals surface area contributed by atoms with E-state index in [9.17, 15) is 0 Å². The van der Waals surface area contributed by atoms with E-state index in [1.54, 1.807) is 7.11 Å². The fourth-order valence-electron chi connectivity index (χ4n) is 3.17. The molecular formula is C18H32N2O. The van der Waals surface area contributed by atoms with Crippen LogP contribution in [0.25, 0.3) is 0 Å². The molecule has 1 rings (SSSR count). The van der Waals surface area contributed by atoms with Gasteiger partial charge in [-0.25, -0.2) is 0 Å². The Morgan fingerprint density at radius 1 is 1.14 bits per heavy atom. The Balaban J connectivity index is 3.10. The molecule has 0 saturated heterocycles. The number of aryl methyl sites for hydroxylation is 1. The fourth-order valence-corrected chi connectivity index (χ4v) is 3.17. The van der Waals surface area contributed by atoms with E-state index in [2.05, 4.69) is 49.9 Å². The molecule has 3 nitrogen and oxygen atoms in total. The molecule has 0 aliphatic rings. The molecule has 0 radical (unpaired) electrons. The van der Waals surface area contributed by atoms with Gasteiger partial charge in [-0.2, -0.15) is 0 Å². The first-order valence-corrected chi connectivity index (χ1v) is 8.25. The van der Waals surface area contributed by atoms with Crippen molar-refractivity contribution in [2.45, 2.75) is 52.1 Å². The Labute approximate surface area is 130 Å². The number of hydrogen-bond acceptors (Lipinski definition) is 3. The zero-order valence-electron chi connectivity index (χ0n) is 14.1. The van der Waals surface area contributed by atoms with Gasteiger partial charge in [0.1, 0.15) is 0 Å². The lowest BCUT2D eigenvalue weighted by molar-refractivity contribution is 0.0814. The summed E-state index contributed by atoms with van der Waals surface area (Å²) in [7, 11) is 1.77. The molecule has 0 aliphatic carbocycles. The molecule has 120 valence electrons. The molecule has 0 bridgehead atoms. The van der Waals surface area contributed by atoms with Gasteiger partial charge in [-0.1, -0.05) is 45.0 Å². The molecule has 0 saturated carbocycles. The van der Waals surface area contributed by atoms with Crippen molar-refractivity contribution in [2.24, 2.45) is 5.73 Å². The predicted octanol–water partition coefficient (Wildman–Crippen LogP) is 3.39. The van der Waals surface area contributed by atoms with E-state index in [1.807, 2.05) is 0 Å². The van der Waals surface area contributed by atoms with Gasteiger partial charge in [-0.3, -0.25) is 4.90 Å². The highest BCUT2D eigenvalue weighted by atomic mass is 16.5. The molecule has 1 aromatic rings. The number of nitrogens with two attached hydrogens (primary N) is 1. The summed E-state index contributed by atoms with van der Waals surface area (Å²) in [6.07, 6.45) is 3.34. The maximum Gasteiger partial charge on any atom is 0.0590 e. The van der Waals surface area contributed by atoms with Crippen LogP contribution < -0.4 is 5.73 Å². The van der Waals surface area contributed by atoms with E-state index < -0.39 is 0 Å². The molecule has 0 aromatic heterocycles. The molecule has 0 fully saturated rings. The van der Waals surface area contributed by atoms with Crippen molar-refractivity contribution in [1.29, 1.82) is 0 Å². The minimum Gasteiger partial charge on any atom is -0.383 e. The summed E-state index contributed by atoms with van der Waals surface area (Å²) in [4.78, 5) is 2.54. The van der Waals surface area contributed by atoms with Crippen molar-refractivity contribution < 1.29 is 4.74 Å². The third-order valence-corrected chi connectivity index (χ3v) is 4.38. The van der Waals surface area contributed by atoms with Gasteiger partial charge in [0, 0.05) is 32.3 Å². The van der Waals surface area contributed by atoms with Crippen molar-refractivity contribution in [2.75, 3.05) is 26.8 Å². The van der Waals surface area contributed by atoms with Gasteiger partial charge in [0.2, 0.25) is 0 Å². The normalized spacial score (nSPS) is 13.1. The van der Waals surface area contributed by atoms with Crippen LogP contribution in [0.2, 0.25) is 0 Å². The maximum atomic E-state index is 6.17. The predicted molar refractivity (Wildman–Crippen MR) is 90.6 cm³/mol. The van der Waals surface area contributed by atoms with Crippen LogP contribution in [0.4, 0.5) is 0 Å². The molecule has 2 N–H and O–H groups in total. The van der Waals surface area contributed by atoms with E-state index in [0.29, 0.717) is 12.6 Å². The average Bonchev–Trinajstić information content (AvgIpc) is 2.54. The first-order valence-electron chi connectivity index (χ1n) is 8.25. The molecule has 21 heavy (non-hydrogen) atoms. The van der Waals surface area contributed by atoms with Crippen molar-refractivity contribution in [3.05, 3.63) is 35.4 Å². The first kappa shape index (κ1) is 18.1. The highest BCUT2D eigenvalue weighted by molar-refractivity contribution is 5.30. The summed E-state index contributed by atoms with van der Waals surface area (Å²) in [6, 6.07) is 9.53. The fraction of sp³-hybridized carbons (Fsp3) is 0.667. The lowest BCUT2D eigenvalue weighted by Gasteiger charge is -2.38. The molecule has 0 aliphatic heterocycles. The van der Waals surface area contributed by atoms with Crippen LogP contribution in [0.1, 0.15) is 50.8 Å². The Morgan fingerprint density at radius 3 is 2.33 bits per heavy atom. The molecule has 0 spiro atoms. The van der Waals surface area contributed by atoms with Gasteiger partial charge in [0.05, 0.1) is 6.61 Å². The van der Waals surface area contributed by atoms with Crippen LogP contribution in [-0.2, 0) is 11.2 Å². The molecular weight excluding hydrogens is 260 g/mol. The Hall–Kier alpha value is -0.900. The number of nitrogens with zero attached hydrogens (tertiary/aromatic N) is 1. The van der Waals surface area contributed by atoms with E-state index in [0.717, 1.165) is 32.4 Å². The number of rotatable bonds is 10. The second kappa shape index (κ2) is 9.93. The molecule has 0 heterocycles. The minimum absolute atomic E-state index is 0.279. The molecule has 1 atom stereocenters. The van der Waals surface area contributed by atoms with Crippen molar-refractivity contribution in [3.8, 4) is 0 Å². The number of ether oxygens (including phenoxy) is 1. The number of benzene rings is 1. The van der Waals surface area contributed by atoms with Crippen molar-refractivity contribution >= 4 is 0 Å². The SMILES string of the molecule is CCc1ccccc1C(CN)N(CCOC)C(CC)CC. The smallest absolute Gasteiger partial charge is 0.0590 e. The monoisotopic (exact) mass is 292 g/mol. The lowest BCUT2D eigenvalue weighted by Crippen LogP contribution is -2.43. The zero-order valence-corrected chi connectivity index (χ0v) is 14.1. The molecule has 0 amide bonds. The Kier molecular flexibility index (Phi) is 8.58. The third kappa shape index (κ3) is 4.80. The van der Waals surface area contributed by atoms with Crippen LogP contribution in [0.3, 0.4) is 0 Å². The lowest BCUT2D eigenvalue weighted by atomic mass is 9.95. The summed E-state index contributed by atoms with van der Waals surface area (Å²) >= 11 is 0. The van der Waals surface area contributed by atoms with Crippen LogP contribution in [0, 0.1) is 0 Å². The number of methoxy groups -OCH3 is 1. The van der Waals surface area contributed by atoms with Crippen LogP contribution in [-0.4, -0.2) is 37.7 Å². The molecule has 1 aromatic carbocycles. The van der Waals surface area contributed by atoms with Gasteiger partial charge in [0.15, 0.2) is 0 Å². The molecule has 1 unspecified atom stereocenters. The van der Waals surface area contributed by atoms with Crippen LogP contribution >= 0.6 is 0 Å². The standard InChI is InChI=1S/C18H32N2O/c1-5-15-10-8-9-11-17(15)18(14-19)20(12-13-21-4)16(6-2)7-3/h8-11,16,18H,5-7,12-14,19H2,1-4H3.